The Morgan fingerprint density at radius 1 is 1.19 bits per heavy atom. The van der Waals surface area contributed by atoms with Gasteiger partial charge in [0.15, 0.2) is 0 Å². The number of methoxy groups -OCH3 is 2. The van der Waals surface area contributed by atoms with Gasteiger partial charge < -0.3 is 15.2 Å². The van der Waals surface area contributed by atoms with Crippen molar-refractivity contribution in [2.24, 2.45) is 5.73 Å². The molecule has 0 amide bonds. The zero-order valence-corrected chi connectivity index (χ0v) is 14.1. The number of nitrogens with zero attached hydrogens (tertiary/aromatic N) is 2. The maximum absolute atomic E-state index is 6.58. The average molecular weight is 356 g/mol. The molecule has 2 atom stereocenters. The van der Waals surface area contributed by atoms with Crippen LogP contribution in [-0.4, -0.2) is 62.8 Å². The summed E-state index contributed by atoms with van der Waals surface area (Å²) in [6, 6.07) is 4.25. The van der Waals surface area contributed by atoms with Crippen LogP contribution in [-0.2, 0) is 0 Å². The molecule has 0 aliphatic carbocycles. The Bertz CT molecular complexity index is 518. The third-order valence-electron chi connectivity index (χ3n) is 4.61. The van der Waals surface area contributed by atoms with Gasteiger partial charge >= 0.3 is 0 Å². The molecule has 4 rings (SSSR count). The molecule has 2 unspecified atom stereocenters. The topological polar surface area (TPSA) is 51.0 Å². The van der Waals surface area contributed by atoms with Crippen molar-refractivity contribution in [1.82, 2.24) is 9.80 Å². The van der Waals surface area contributed by atoms with Crippen molar-refractivity contribution >= 4 is 15.9 Å². The fraction of sp³-hybridized carbons (Fsp3) is 0.600. The number of nitrogens with two attached hydrogens (primary N) is 1. The predicted molar refractivity (Wildman–Crippen MR) is 86.0 cm³/mol. The van der Waals surface area contributed by atoms with E-state index in [1.165, 1.54) is 0 Å². The van der Waals surface area contributed by atoms with Gasteiger partial charge in [0.05, 0.1) is 20.3 Å². The predicted octanol–water partition coefficient (Wildman–Crippen LogP) is 1.47. The zero-order chi connectivity index (χ0) is 15.0. The summed E-state index contributed by atoms with van der Waals surface area (Å²) in [5.74, 6) is 1.54. The van der Waals surface area contributed by atoms with Crippen LogP contribution in [0.1, 0.15) is 11.6 Å². The van der Waals surface area contributed by atoms with E-state index in [9.17, 15) is 0 Å². The number of benzene rings is 1. The molecular formula is C15H22BrN3O2. The standard InChI is InChI=1S/C15H22BrN3O2/c1-20-12-4-3-10(15(21-2)13(12)16)14(17)11-9-18-5-7-19(11)8-6-18/h3-4,11,14H,5-9,17H2,1-2H3. The highest BCUT2D eigenvalue weighted by Crippen LogP contribution is 2.41. The van der Waals surface area contributed by atoms with E-state index < -0.39 is 0 Å². The van der Waals surface area contributed by atoms with Crippen molar-refractivity contribution in [3.63, 3.8) is 0 Å². The molecule has 2 N–H and O–H groups in total. The van der Waals surface area contributed by atoms with Crippen molar-refractivity contribution in [1.29, 1.82) is 0 Å². The molecule has 0 radical (unpaired) electrons. The lowest BCUT2D eigenvalue weighted by molar-refractivity contribution is 0.00185. The Hall–Kier alpha value is -0.820. The van der Waals surface area contributed by atoms with E-state index in [-0.39, 0.29) is 6.04 Å². The third kappa shape index (κ3) is 2.65. The summed E-state index contributed by atoms with van der Waals surface area (Å²) in [7, 11) is 3.32. The third-order valence-corrected chi connectivity index (χ3v) is 5.36. The summed E-state index contributed by atoms with van der Waals surface area (Å²) in [5, 5.41) is 0. The molecule has 21 heavy (non-hydrogen) atoms. The molecule has 1 aromatic rings. The van der Waals surface area contributed by atoms with Crippen LogP contribution in [0.25, 0.3) is 0 Å². The maximum Gasteiger partial charge on any atom is 0.141 e. The largest absolute Gasteiger partial charge is 0.495 e. The zero-order valence-electron chi connectivity index (χ0n) is 12.5. The second-order valence-corrected chi connectivity index (χ2v) is 6.43. The number of fused-ring (bicyclic) bond motifs is 3. The molecule has 3 fully saturated rings. The number of rotatable bonds is 4. The molecule has 3 saturated heterocycles. The number of ether oxygens (including phenoxy) is 2. The van der Waals surface area contributed by atoms with Crippen LogP contribution in [0.3, 0.4) is 0 Å². The van der Waals surface area contributed by atoms with Crippen LogP contribution in [0.15, 0.2) is 16.6 Å². The highest BCUT2D eigenvalue weighted by molar-refractivity contribution is 9.10. The summed E-state index contributed by atoms with van der Waals surface area (Å²) in [6.07, 6.45) is 0. The summed E-state index contributed by atoms with van der Waals surface area (Å²) in [4.78, 5) is 5.00. The van der Waals surface area contributed by atoms with E-state index in [1.807, 2.05) is 12.1 Å². The second-order valence-electron chi connectivity index (χ2n) is 5.63. The van der Waals surface area contributed by atoms with Gasteiger partial charge in [-0.1, -0.05) is 0 Å². The van der Waals surface area contributed by atoms with Crippen LogP contribution in [0.4, 0.5) is 0 Å². The van der Waals surface area contributed by atoms with Crippen LogP contribution >= 0.6 is 15.9 Å². The minimum absolute atomic E-state index is 0.0646. The van der Waals surface area contributed by atoms with Crippen LogP contribution in [0, 0.1) is 0 Å². The van der Waals surface area contributed by atoms with Gasteiger partial charge in [-0.05, 0) is 28.1 Å². The monoisotopic (exact) mass is 355 g/mol. The van der Waals surface area contributed by atoms with Gasteiger partial charge in [-0.15, -0.1) is 0 Å². The van der Waals surface area contributed by atoms with E-state index in [0.29, 0.717) is 6.04 Å². The molecule has 0 saturated carbocycles. The molecule has 0 aromatic heterocycles. The molecule has 3 aliphatic rings. The number of halogens is 1. The van der Waals surface area contributed by atoms with E-state index >= 15 is 0 Å². The molecule has 116 valence electrons. The summed E-state index contributed by atoms with van der Waals surface area (Å²) < 4.78 is 11.7. The first kappa shape index (κ1) is 15.1. The fourth-order valence-electron chi connectivity index (χ4n) is 3.39. The van der Waals surface area contributed by atoms with Crippen molar-refractivity contribution in [2.45, 2.75) is 12.1 Å². The van der Waals surface area contributed by atoms with Gasteiger partial charge in [0, 0.05) is 44.3 Å². The SMILES string of the molecule is COc1ccc(C(N)C2CN3CCN2CC3)c(OC)c1Br. The lowest BCUT2D eigenvalue weighted by Gasteiger charge is -2.49. The quantitative estimate of drug-likeness (QED) is 0.886. The first-order chi connectivity index (χ1) is 10.2. The van der Waals surface area contributed by atoms with E-state index in [1.54, 1.807) is 14.2 Å². The summed E-state index contributed by atoms with van der Waals surface area (Å²) in [5.41, 5.74) is 7.61. The van der Waals surface area contributed by atoms with E-state index in [4.69, 9.17) is 15.2 Å². The number of piperazine rings is 3. The van der Waals surface area contributed by atoms with E-state index in [0.717, 1.165) is 54.3 Å². The molecule has 2 bridgehead atoms. The van der Waals surface area contributed by atoms with Crippen molar-refractivity contribution in [3.05, 3.63) is 22.2 Å². The normalized spacial score (nSPS) is 29.2. The number of hydrogen-bond donors (Lipinski definition) is 1. The first-order valence-corrected chi connectivity index (χ1v) is 8.07. The minimum atomic E-state index is -0.0646. The van der Waals surface area contributed by atoms with Crippen molar-refractivity contribution in [3.8, 4) is 11.5 Å². The van der Waals surface area contributed by atoms with Crippen molar-refractivity contribution < 1.29 is 9.47 Å². The van der Waals surface area contributed by atoms with Gasteiger partial charge in [0.1, 0.15) is 16.0 Å². The summed E-state index contributed by atoms with van der Waals surface area (Å²) in [6.45, 7) is 5.57. The highest BCUT2D eigenvalue weighted by atomic mass is 79.9. The highest BCUT2D eigenvalue weighted by Gasteiger charge is 2.37. The molecule has 1 aromatic carbocycles. The second kappa shape index (κ2) is 6.12. The smallest absolute Gasteiger partial charge is 0.141 e. The molecular weight excluding hydrogens is 334 g/mol. The van der Waals surface area contributed by atoms with Crippen LogP contribution in [0.5, 0.6) is 11.5 Å². The molecule has 3 aliphatic heterocycles. The lowest BCUT2D eigenvalue weighted by atomic mass is 9.94. The van der Waals surface area contributed by atoms with Gasteiger partial charge in [-0.2, -0.15) is 0 Å². The van der Waals surface area contributed by atoms with Crippen molar-refractivity contribution in [2.75, 3.05) is 46.9 Å². The molecule has 0 spiro atoms. The number of hydrogen-bond acceptors (Lipinski definition) is 5. The molecule has 6 heteroatoms. The van der Waals surface area contributed by atoms with Crippen LogP contribution in [0.2, 0.25) is 0 Å². The summed E-state index contributed by atoms with van der Waals surface area (Å²) >= 11 is 3.56. The Labute approximate surface area is 134 Å². The van der Waals surface area contributed by atoms with Gasteiger partial charge in [0.2, 0.25) is 0 Å². The Kier molecular flexibility index (Phi) is 4.40. The Morgan fingerprint density at radius 2 is 1.90 bits per heavy atom. The van der Waals surface area contributed by atoms with Gasteiger partial charge in [-0.3, -0.25) is 9.80 Å². The minimum Gasteiger partial charge on any atom is -0.495 e. The van der Waals surface area contributed by atoms with Crippen LogP contribution < -0.4 is 15.2 Å². The van der Waals surface area contributed by atoms with Gasteiger partial charge in [-0.25, -0.2) is 0 Å². The fourth-order valence-corrected chi connectivity index (χ4v) is 4.07. The molecule has 3 heterocycles. The maximum atomic E-state index is 6.58. The first-order valence-electron chi connectivity index (χ1n) is 7.28. The lowest BCUT2D eigenvalue weighted by Crippen LogP contribution is -2.63. The van der Waals surface area contributed by atoms with E-state index in [2.05, 4.69) is 25.7 Å². The Balaban J connectivity index is 1.91. The Morgan fingerprint density at radius 3 is 2.43 bits per heavy atom. The average Bonchev–Trinajstić information content (AvgIpc) is 2.54. The van der Waals surface area contributed by atoms with Gasteiger partial charge in [0.25, 0.3) is 0 Å². The molecule has 5 nitrogen and oxygen atoms in total.